The first kappa shape index (κ1) is 12.5. The predicted octanol–water partition coefficient (Wildman–Crippen LogP) is 2.54. The van der Waals surface area contributed by atoms with Gasteiger partial charge >= 0.3 is 0 Å². The number of nitrogens with two attached hydrogens (primary N) is 1. The summed E-state index contributed by atoms with van der Waals surface area (Å²) in [5, 5.41) is 0.284. The number of rotatable bonds is 4. The molecule has 0 radical (unpaired) electrons. The smallest absolute Gasteiger partial charge is 0.177 e. The first-order chi connectivity index (χ1) is 8.16. The quantitative estimate of drug-likeness (QED) is 0.844. The van der Waals surface area contributed by atoms with Gasteiger partial charge in [0, 0.05) is 11.6 Å². The van der Waals surface area contributed by atoms with Crippen molar-refractivity contribution in [3.8, 4) is 5.75 Å². The summed E-state index contributed by atoms with van der Waals surface area (Å²) in [7, 11) is 0. The average molecular weight is 259 g/mol. The van der Waals surface area contributed by atoms with Crippen molar-refractivity contribution in [3.05, 3.63) is 23.0 Å². The Hall–Kier alpha value is -1.00. The number of nitrogen functional groups attached to an aromatic ring is 1. The molecule has 1 aromatic rings. The molecule has 94 valence electrons. The Labute approximate surface area is 105 Å². The van der Waals surface area contributed by atoms with Gasteiger partial charge in [-0.2, -0.15) is 0 Å². The van der Waals surface area contributed by atoms with Crippen molar-refractivity contribution < 1.29 is 9.13 Å². The van der Waals surface area contributed by atoms with Crippen LogP contribution in [0.25, 0.3) is 0 Å². The fraction of sp³-hybridized carbons (Fsp3) is 0.500. The molecule has 2 rings (SSSR count). The van der Waals surface area contributed by atoms with Crippen LogP contribution in [0, 0.1) is 5.82 Å². The van der Waals surface area contributed by atoms with E-state index in [-0.39, 0.29) is 16.5 Å². The molecule has 0 bridgehead atoms. The maximum atomic E-state index is 13.5. The Morgan fingerprint density at radius 3 is 2.71 bits per heavy atom. The van der Waals surface area contributed by atoms with E-state index in [1.54, 1.807) is 0 Å². The highest BCUT2D eigenvalue weighted by Crippen LogP contribution is 2.29. The van der Waals surface area contributed by atoms with Crippen LogP contribution in [0.3, 0.4) is 0 Å². The number of hydrogen-bond donors (Lipinski definition) is 1. The van der Waals surface area contributed by atoms with Crippen molar-refractivity contribution in [2.24, 2.45) is 0 Å². The minimum Gasteiger partial charge on any atom is -0.487 e. The maximum absolute atomic E-state index is 13.5. The third-order valence-electron chi connectivity index (χ3n) is 2.89. The molecular formula is C12H16ClFN2O. The summed E-state index contributed by atoms with van der Waals surface area (Å²) < 4.78 is 18.9. The van der Waals surface area contributed by atoms with Crippen LogP contribution in [0.1, 0.15) is 12.8 Å². The van der Waals surface area contributed by atoms with E-state index in [9.17, 15) is 4.39 Å². The van der Waals surface area contributed by atoms with Gasteiger partial charge in [-0.25, -0.2) is 4.39 Å². The van der Waals surface area contributed by atoms with Crippen molar-refractivity contribution in [2.45, 2.75) is 12.8 Å². The van der Waals surface area contributed by atoms with Crippen LogP contribution in [0.15, 0.2) is 12.1 Å². The van der Waals surface area contributed by atoms with Crippen molar-refractivity contribution >= 4 is 17.3 Å². The molecule has 0 aliphatic carbocycles. The zero-order valence-corrected chi connectivity index (χ0v) is 10.3. The zero-order chi connectivity index (χ0) is 12.3. The van der Waals surface area contributed by atoms with E-state index >= 15 is 0 Å². The maximum Gasteiger partial charge on any atom is 0.177 e. The van der Waals surface area contributed by atoms with Crippen LogP contribution in [-0.2, 0) is 0 Å². The first-order valence-corrected chi connectivity index (χ1v) is 6.14. The number of likely N-dealkylation sites (tertiary alicyclic amines) is 1. The third-order valence-corrected chi connectivity index (χ3v) is 3.11. The van der Waals surface area contributed by atoms with Gasteiger partial charge in [0.15, 0.2) is 11.6 Å². The minimum atomic E-state index is -0.503. The Morgan fingerprint density at radius 2 is 2.06 bits per heavy atom. The zero-order valence-electron chi connectivity index (χ0n) is 9.59. The fourth-order valence-corrected chi connectivity index (χ4v) is 2.23. The topological polar surface area (TPSA) is 38.5 Å². The van der Waals surface area contributed by atoms with Crippen LogP contribution >= 0.6 is 11.6 Å². The molecule has 0 aromatic heterocycles. The summed E-state index contributed by atoms with van der Waals surface area (Å²) in [6.07, 6.45) is 2.47. The van der Waals surface area contributed by atoms with E-state index in [1.165, 1.54) is 25.0 Å². The van der Waals surface area contributed by atoms with Crippen LogP contribution in [0.4, 0.5) is 10.1 Å². The summed E-state index contributed by atoms with van der Waals surface area (Å²) in [5.41, 5.74) is 5.90. The van der Waals surface area contributed by atoms with E-state index < -0.39 is 5.82 Å². The Morgan fingerprint density at radius 1 is 1.35 bits per heavy atom. The van der Waals surface area contributed by atoms with Gasteiger partial charge in [-0.1, -0.05) is 11.6 Å². The number of hydrogen-bond acceptors (Lipinski definition) is 3. The number of ether oxygens (including phenoxy) is 1. The van der Waals surface area contributed by atoms with Crippen LogP contribution in [-0.4, -0.2) is 31.1 Å². The number of anilines is 1. The molecule has 0 spiro atoms. The minimum absolute atomic E-state index is 0.105. The van der Waals surface area contributed by atoms with Crippen molar-refractivity contribution in [1.29, 1.82) is 0 Å². The number of benzene rings is 1. The SMILES string of the molecule is Nc1cc(Cl)cc(F)c1OCCN1CCCC1. The van der Waals surface area contributed by atoms with Crippen LogP contribution < -0.4 is 10.5 Å². The van der Waals surface area contributed by atoms with Crippen molar-refractivity contribution in [2.75, 3.05) is 32.0 Å². The number of nitrogens with zero attached hydrogens (tertiary/aromatic N) is 1. The van der Waals surface area contributed by atoms with Gasteiger partial charge in [0.1, 0.15) is 6.61 Å². The summed E-state index contributed by atoms with van der Waals surface area (Å²) >= 11 is 5.68. The summed E-state index contributed by atoms with van der Waals surface area (Å²) in [6, 6.07) is 2.71. The second kappa shape index (κ2) is 5.56. The largest absolute Gasteiger partial charge is 0.487 e. The van der Waals surface area contributed by atoms with Gasteiger partial charge in [0.2, 0.25) is 0 Å². The van der Waals surface area contributed by atoms with Gasteiger partial charge in [0.25, 0.3) is 0 Å². The van der Waals surface area contributed by atoms with Gasteiger partial charge in [-0.05, 0) is 38.1 Å². The lowest BCUT2D eigenvalue weighted by Crippen LogP contribution is -2.25. The van der Waals surface area contributed by atoms with E-state index in [4.69, 9.17) is 22.1 Å². The third kappa shape index (κ3) is 3.23. The molecule has 2 N–H and O–H groups in total. The molecule has 0 saturated carbocycles. The lowest BCUT2D eigenvalue weighted by Gasteiger charge is -2.16. The first-order valence-electron chi connectivity index (χ1n) is 5.76. The van der Waals surface area contributed by atoms with Gasteiger partial charge in [-0.15, -0.1) is 0 Å². The fourth-order valence-electron chi connectivity index (χ4n) is 2.02. The van der Waals surface area contributed by atoms with Crippen molar-refractivity contribution in [3.63, 3.8) is 0 Å². The lowest BCUT2D eigenvalue weighted by atomic mass is 10.3. The van der Waals surface area contributed by atoms with Crippen LogP contribution in [0.5, 0.6) is 5.75 Å². The van der Waals surface area contributed by atoms with E-state index in [1.807, 2.05) is 0 Å². The van der Waals surface area contributed by atoms with E-state index in [0.29, 0.717) is 6.61 Å². The predicted molar refractivity (Wildman–Crippen MR) is 67.0 cm³/mol. The summed E-state index contributed by atoms with van der Waals surface area (Å²) in [4.78, 5) is 2.30. The van der Waals surface area contributed by atoms with Gasteiger partial charge in [-0.3, -0.25) is 4.90 Å². The second-order valence-electron chi connectivity index (χ2n) is 4.20. The molecular weight excluding hydrogens is 243 g/mol. The molecule has 0 unspecified atom stereocenters. The molecule has 5 heteroatoms. The molecule has 1 fully saturated rings. The van der Waals surface area contributed by atoms with E-state index in [2.05, 4.69) is 4.90 Å². The normalized spacial score (nSPS) is 16.4. The number of halogens is 2. The summed E-state index contributed by atoms with van der Waals surface area (Å²) in [6.45, 7) is 3.45. The Bertz CT molecular complexity index is 371. The molecule has 1 saturated heterocycles. The lowest BCUT2D eigenvalue weighted by molar-refractivity contribution is 0.232. The Kier molecular flexibility index (Phi) is 4.07. The van der Waals surface area contributed by atoms with Crippen molar-refractivity contribution in [1.82, 2.24) is 4.90 Å². The Balaban J connectivity index is 1.89. The van der Waals surface area contributed by atoms with Gasteiger partial charge < -0.3 is 10.5 Å². The molecule has 1 aliphatic rings. The summed E-state index contributed by atoms with van der Waals surface area (Å²) in [5.74, 6) is -0.398. The van der Waals surface area contributed by atoms with E-state index in [0.717, 1.165) is 19.6 Å². The molecule has 1 aromatic carbocycles. The average Bonchev–Trinajstić information content (AvgIpc) is 2.74. The highest BCUT2D eigenvalue weighted by molar-refractivity contribution is 6.30. The molecule has 1 heterocycles. The second-order valence-corrected chi connectivity index (χ2v) is 4.64. The highest BCUT2D eigenvalue weighted by atomic mass is 35.5. The molecule has 0 amide bonds. The monoisotopic (exact) mass is 258 g/mol. The molecule has 3 nitrogen and oxygen atoms in total. The molecule has 1 aliphatic heterocycles. The standard InChI is InChI=1S/C12H16ClFN2O/c13-9-7-10(14)12(11(15)8-9)17-6-5-16-3-1-2-4-16/h7-8H,1-6,15H2. The molecule has 17 heavy (non-hydrogen) atoms. The van der Waals surface area contributed by atoms with Crippen LogP contribution in [0.2, 0.25) is 5.02 Å². The van der Waals surface area contributed by atoms with Gasteiger partial charge in [0.05, 0.1) is 5.69 Å². The molecule has 0 atom stereocenters. The highest BCUT2D eigenvalue weighted by Gasteiger charge is 2.13.